The monoisotopic (exact) mass is 283 g/mol. The van der Waals surface area contributed by atoms with Gasteiger partial charge < -0.3 is 5.11 Å². The molecule has 21 heavy (non-hydrogen) atoms. The van der Waals surface area contributed by atoms with Gasteiger partial charge in [0.2, 0.25) is 0 Å². The first kappa shape index (κ1) is 13.3. The topological polar surface area (TPSA) is 80.4 Å². The molecule has 1 aliphatic rings. The number of carbonyl (C=O) groups is 1. The van der Waals surface area contributed by atoms with Crippen LogP contribution in [0.25, 0.3) is 11.1 Å². The van der Waals surface area contributed by atoms with E-state index in [-0.39, 0.29) is 5.69 Å². The second-order valence-corrected chi connectivity index (χ2v) is 5.27. The number of carboxylic acids is 1. The first-order valence-electron chi connectivity index (χ1n) is 6.62. The minimum absolute atomic E-state index is 0.0424. The SMILES string of the molecule is O=C(O)C1(c2ccc(-c3cccc([N+](=O)[O-])c3)cc2)CC1. The minimum Gasteiger partial charge on any atom is -0.481 e. The highest BCUT2D eigenvalue weighted by molar-refractivity contribution is 5.85. The summed E-state index contributed by atoms with van der Waals surface area (Å²) in [6, 6.07) is 13.6. The predicted molar refractivity (Wildman–Crippen MR) is 77.1 cm³/mol. The van der Waals surface area contributed by atoms with Crippen molar-refractivity contribution in [3.05, 3.63) is 64.2 Å². The molecular formula is C16H13NO4. The number of nitrogens with zero attached hydrogens (tertiary/aromatic N) is 1. The minimum atomic E-state index is -0.786. The van der Waals surface area contributed by atoms with Gasteiger partial charge >= 0.3 is 5.97 Å². The molecule has 0 saturated heterocycles. The highest BCUT2D eigenvalue weighted by Gasteiger charge is 2.51. The Labute approximate surface area is 121 Å². The molecule has 0 unspecified atom stereocenters. The number of carboxylic acid groups (broad SMARTS) is 1. The van der Waals surface area contributed by atoms with E-state index in [2.05, 4.69) is 0 Å². The Hall–Kier alpha value is -2.69. The van der Waals surface area contributed by atoms with Crippen molar-refractivity contribution in [3.8, 4) is 11.1 Å². The van der Waals surface area contributed by atoms with E-state index in [9.17, 15) is 20.0 Å². The van der Waals surface area contributed by atoms with Crippen molar-refractivity contribution < 1.29 is 14.8 Å². The molecule has 0 amide bonds. The molecule has 0 bridgehead atoms. The van der Waals surface area contributed by atoms with Crippen molar-refractivity contribution in [2.45, 2.75) is 18.3 Å². The van der Waals surface area contributed by atoms with Crippen molar-refractivity contribution in [1.29, 1.82) is 0 Å². The van der Waals surface area contributed by atoms with Crippen LogP contribution in [-0.2, 0) is 10.2 Å². The molecule has 0 aromatic heterocycles. The van der Waals surface area contributed by atoms with Crippen LogP contribution in [0, 0.1) is 10.1 Å². The van der Waals surface area contributed by atoms with E-state index in [1.807, 2.05) is 12.1 Å². The van der Waals surface area contributed by atoms with Gasteiger partial charge in [-0.15, -0.1) is 0 Å². The molecule has 2 aromatic carbocycles. The van der Waals surface area contributed by atoms with Crippen molar-refractivity contribution >= 4 is 11.7 Å². The molecule has 0 heterocycles. The van der Waals surface area contributed by atoms with E-state index in [0.29, 0.717) is 12.8 Å². The third kappa shape index (κ3) is 2.27. The zero-order valence-corrected chi connectivity index (χ0v) is 11.2. The average molecular weight is 283 g/mol. The lowest BCUT2D eigenvalue weighted by molar-refractivity contribution is -0.384. The summed E-state index contributed by atoms with van der Waals surface area (Å²) in [7, 11) is 0. The summed E-state index contributed by atoms with van der Waals surface area (Å²) >= 11 is 0. The second-order valence-electron chi connectivity index (χ2n) is 5.27. The summed E-state index contributed by atoms with van der Waals surface area (Å²) in [6.45, 7) is 0. The lowest BCUT2D eigenvalue weighted by atomic mass is 9.94. The number of non-ortho nitro benzene ring substituents is 1. The van der Waals surface area contributed by atoms with Crippen LogP contribution in [0.1, 0.15) is 18.4 Å². The van der Waals surface area contributed by atoms with E-state index < -0.39 is 16.3 Å². The molecule has 1 fully saturated rings. The fraction of sp³-hybridized carbons (Fsp3) is 0.188. The maximum atomic E-state index is 11.3. The maximum absolute atomic E-state index is 11.3. The van der Waals surface area contributed by atoms with Crippen LogP contribution in [-0.4, -0.2) is 16.0 Å². The molecule has 106 valence electrons. The lowest BCUT2D eigenvalue weighted by Crippen LogP contribution is -2.19. The number of hydrogen-bond donors (Lipinski definition) is 1. The Morgan fingerprint density at radius 2 is 1.76 bits per heavy atom. The zero-order valence-electron chi connectivity index (χ0n) is 11.2. The molecule has 1 saturated carbocycles. The maximum Gasteiger partial charge on any atom is 0.314 e. The Bertz CT molecular complexity index is 717. The standard InChI is InChI=1S/C16H13NO4/c18-15(19)16(8-9-16)13-6-4-11(5-7-13)12-2-1-3-14(10-12)17(20)21/h1-7,10H,8-9H2,(H,18,19). The Kier molecular flexibility index (Phi) is 2.97. The molecule has 5 nitrogen and oxygen atoms in total. The largest absolute Gasteiger partial charge is 0.481 e. The van der Waals surface area contributed by atoms with Crippen molar-refractivity contribution in [3.63, 3.8) is 0 Å². The number of nitro groups is 1. The smallest absolute Gasteiger partial charge is 0.314 e. The van der Waals surface area contributed by atoms with E-state index in [1.165, 1.54) is 12.1 Å². The molecule has 2 aromatic rings. The third-order valence-electron chi connectivity index (χ3n) is 3.99. The zero-order chi connectivity index (χ0) is 15.0. The molecule has 0 radical (unpaired) electrons. The Balaban J connectivity index is 1.93. The Morgan fingerprint density at radius 1 is 1.10 bits per heavy atom. The average Bonchev–Trinajstić information content (AvgIpc) is 3.29. The summed E-state index contributed by atoms with van der Waals surface area (Å²) in [5, 5.41) is 20.1. The van der Waals surface area contributed by atoms with Crippen LogP contribution in [0.15, 0.2) is 48.5 Å². The molecule has 0 spiro atoms. The van der Waals surface area contributed by atoms with Gasteiger partial charge in [0.25, 0.3) is 5.69 Å². The van der Waals surface area contributed by atoms with Gasteiger partial charge in [-0.3, -0.25) is 14.9 Å². The van der Waals surface area contributed by atoms with E-state index in [4.69, 9.17) is 0 Å². The van der Waals surface area contributed by atoms with E-state index >= 15 is 0 Å². The molecular weight excluding hydrogens is 270 g/mol. The van der Waals surface area contributed by atoms with Gasteiger partial charge in [-0.25, -0.2) is 0 Å². The second kappa shape index (κ2) is 4.70. The number of hydrogen-bond acceptors (Lipinski definition) is 3. The fourth-order valence-electron chi connectivity index (χ4n) is 2.53. The van der Waals surface area contributed by atoms with Crippen LogP contribution >= 0.6 is 0 Å². The number of aliphatic carboxylic acids is 1. The molecule has 3 rings (SSSR count). The van der Waals surface area contributed by atoms with Crippen LogP contribution in [0.4, 0.5) is 5.69 Å². The molecule has 1 aliphatic carbocycles. The summed E-state index contributed by atoms with van der Waals surface area (Å²) in [5.74, 6) is -0.786. The van der Waals surface area contributed by atoms with Crippen molar-refractivity contribution in [2.24, 2.45) is 0 Å². The van der Waals surface area contributed by atoms with Crippen molar-refractivity contribution in [1.82, 2.24) is 0 Å². The van der Waals surface area contributed by atoms with E-state index in [1.54, 1.807) is 24.3 Å². The van der Waals surface area contributed by atoms with E-state index in [0.717, 1.165) is 16.7 Å². The summed E-state index contributed by atoms with van der Waals surface area (Å²) < 4.78 is 0. The Morgan fingerprint density at radius 3 is 2.29 bits per heavy atom. The van der Waals surface area contributed by atoms with Gasteiger partial charge in [-0.05, 0) is 29.5 Å². The normalized spacial score (nSPS) is 15.4. The molecule has 0 aliphatic heterocycles. The van der Waals surface area contributed by atoms with Crippen molar-refractivity contribution in [2.75, 3.05) is 0 Å². The third-order valence-corrected chi connectivity index (χ3v) is 3.99. The first-order chi connectivity index (χ1) is 10.0. The first-order valence-corrected chi connectivity index (χ1v) is 6.62. The molecule has 1 N–H and O–H groups in total. The number of nitro benzene ring substituents is 1. The molecule has 0 atom stereocenters. The van der Waals surface area contributed by atoms with Crippen LogP contribution < -0.4 is 0 Å². The predicted octanol–water partition coefficient (Wildman–Crippen LogP) is 3.38. The summed E-state index contributed by atoms with van der Waals surface area (Å²) in [6.07, 6.45) is 1.33. The summed E-state index contributed by atoms with van der Waals surface area (Å²) in [5.41, 5.74) is 1.70. The highest BCUT2D eigenvalue weighted by atomic mass is 16.6. The van der Waals surface area contributed by atoms with Crippen LogP contribution in [0.3, 0.4) is 0 Å². The van der Waals surface area contributed by atoms with Gasteiger partial charge in [0.1, 0.15) is 0 Å². The summed E-state index contributed by atoms with van der Waals surface area (Å²) in [4.78, 5) is 21.6. The highest BCUT2D eigenvalue weighted by Crippen LogP contribution is 2.48. The van der Waals surface area contributed by atoms with Crippen LogP contribution in [0.2, 0.25) is 0 Å². The van der Waals surface area contributed by atoms with Gasteiger partial charge in [0.05, 0.1) is 10.3 Å². The van der Waals surface area contributed by atoms with Gasteiger partial charge in [-0.1, -0.05) is 36.4 Å². The van der Waals surface area contributed by atoms with Gasteiger partial charge in [0.15, 0.2) is 0 Å². The molecule has 5 heteroatoms. The number of benzene rings is 2. The number of rotatable bonds is 4. The van der Waals surface area contributed by atoms with Crippen LogP contribution in [0.5, 0.6) is 0 Å². The quantitative estimate of drug-likeness (QED) is 0.689. The lowest BCUT2D eigenvalue weighted by Gasteiger charge is -2.11. The fourth-order valence-corrected chi connectivity index (χ4v) is 2.53. The van der Waals surface area contributed by atoms with Gasteiger partial charge in [0, 0.05) is 12.1 Å². The van der Waals surface area contributed by atoms with Gasteiger partial charge in [-0.2, -0.15) is 0 Å².